The number of benzene rings is 7. The van der Waals surface area contributed by atoms with Crippen molar-refractivity contribution >= 4 is 98.3 Å². The van der Waals surface area contributed by atoms with Crippen molar-refractivity contribution in [2.24, 2.45) is 18.1 Å². The first kappa shape index (κ1) is 23.2. The molecule has 182 valence electrons. The molecule has 1 atom stereocenters. The van der Waals surface area contributed by atoms with Crippen LogP contribution in [0.5, 0.6) is 5.75 Å². The maximum atomic E-state index is 6.29. The summed E-state index contributed by atoms with van der Waals surface area (Å²) in [5.74, 6) is 0.785. The number of hydrogen-bond acceptors (Lipinski definition) is 5. The quantitative estimate of drug-likeness (QED) is 0.115. The molecule has 7 aromatic rings. The fourth-order valence-electron chi connectivity index (χ4n) is 5.38. The Hall–Kier alpha value is -3.70. The van der Waals surface area contributed by atoms with E-state index >= 15 is 0 Å². The van der Waals surface area contributed by atoms with Crippen LogP contribution in [0.1, 0.15) is 0 Å². The maximum absolute atomic E-state index is 6.29. The summed E-state index contributed by atoms with van der Waals surface area (Å²) in [6, 6.07) is 37.5. The van der Waals surface area contributed by atoms with Crippen molar-refractivity contribution < 1.29 is 4.52 Å². The van der Waals surface area contributed by atoms with E-state index in [1.54, 1.807) is 0 Å². The standard InChI is InChI=1S/C30H17N4OP4/c1-2-5-19-11-25-15-27-21(13-23(25)10-18(19)4-1)8-9-22-14-24-12-20-6-3-7-30(29(20)17-26(24)16-28(22)27)35-39-33-37-31-36-32-38-34-39/h1-17H/q+1. The molecule has 0 radical (unpaired) electrons. The highest BCUT2D eigenvalue weighted by Gasteiger charge is 2.19. The maximum Gasteiger partial charge on any atom is 0.600 e. The molecular formula is C30H17N4OP4+. The van der Waals surface area contributed by atoms with E-state index in [0.717, 1.165) is 16.5 Å². The third-order valence-corrected chi connectivity index (χ3v) is 10.6. The molecule has 1 unspecified atom stereocenters. The lowest BCUT2D eigenvalue weighted by Gasteiger charge is -2.10. The highest BCUT2D eigenvalue weighted by molar-refractivity contribution is 7.55. The summed E-state index contributed by atoms with van der Waals surface area (Å²) in [6.07, 6.45) is 0. The van der Waals surface area contributed by atoms with Crippen LogP contribution in [0.25, 0.3) is 64.6 Å². The van der Waals surface area contributed by atoms with Crippen LogP contribution < -0.4 is 4.52 Å². The third kappa shape index (κ3) is 4.20. The molecule has 39 heavy (non-hydrogen) atoms. The van der Waals surface area contributed by atoms with E-state index in [2.05, 4.69) is 109 Å². The third-order valence-electron chi connectivity index (χ3n) is 7.14. The molecule has 5 nitrogen and oxygen atoms in total. The van der Waals surface area contributed by atoms with E-state index in [0.29, 0.717) is 25.6 Å². The second-order valence-corrected chi connectivity index (χ2v) is 13.5. The van der Waals surface area contributed by atoms with Gasteiger partial charge in [0.1, 0.15) is 0 Å². The second kappa shape index (κ2) is 9.49. The van der Waals surface area contributed by atoms with Crippen LogP contribution in [0.3, 0.4) is 0 Å². The minimum absolute atomic E-state index is 0.609. The number of hydrogen-bond donors (Lipinski definition) is 0. The minimum Gasteiger partial charge on any atom is -0.246 e. The van der Waals surface area contributed by atoms with Gasteiger partial charge in [-0.15, -0.1) is 0 Å². The summed E-state index contributed by atoms with van der Waals surface area (Å²) in [5, 5.41) is 14.6. The predicted molar refractivity (Wildman–Crippen MR) is 169 cm³/mol. The molecule has 0 saturated carbocycles. The van der Waals surface area contributed by atoms with Gasteiger partial charge in [-0.1, -0.05) is 48.5 Å². The van der Waals surface area contributed by atoms with Crippen molar-refractivity contribution in [2.75, 3.05) is 0 Å². The molecule has 1 aliphatic rings. The first-order chi connectivity index (χ1) is 19.3. The number of fused-ring (bicyclic) bond motifs is 7. The molecule has 0 aromatic heterocycles. The van der Waals surface area contributed by atoms with Gasteiger partial charge in [0.15, 0.2) is 14.3 Å². The summed E-state index contributed by atoms with van der Waals surface area (Å²) >= 11 is 0. The Kier molecular flexibility index (Phi) is 5.65. The minimum atomic E-state index is -1.36. The Morgan fingerprint density at radius 3 is 1.72 bits per heavy atom. The Morgan fingerprint density at radius 1 is 0.462 bits per heavy atom. The highest BCUT2D eigenvalue weighted by Crippen LogP contribution is 2.44. The smallest absolute Gasteiger partial charge is 0.246 e. The zero-order valence-corrected chi connectivity index (χ0v) is 23.9. The van der Waals surface area contributed by atoms with Crippen LogP contribution in [0.15, 0.2) is 121 Å². The van der Waals surface area contributed by atoms with E-state index in [-0.39, 0.29) is 0 Å². The molecule has 9 heteroatoms. The van der Waals surface area contributed by atoms with Crippen LogP contribution >= 0.6 is 33.7 Å². The topological polar surface area (TPSA) is 58.7 Å². The van der Waals surface area contributed by atoms with Gasteiger partial charge in [0.05, 0.1) is 0 Å². The molecule has 8 rings (SSSR count). The van der Waals surface area contributed by atoms with E-state index < -0.39 is 8.09 Å². The molecular weight excluding hydrogens is 556 g/mol. The van der Waals surface area contributed by atoms with Gasteiger partial charge >= 0.3 is 8.09 Å². The van der Waals surface area contributed by atoms with Crippen molar-refractivity contribution in [3.8, 4) is 5.75 Å². The Morgan fingerprint density at radius 2 is 1.00 bits per heavy atom. The summed E-state index contributed by atoms with van der Waals surface area (Å²) in [6.45, 7) is 0. The molecule has 7 aromatic carbocycles. The SMILES string of the molecule is c1ccc2cc3cc4c(ccc5cc6cc7cccc(O[P+]8=NP=NP=NP=N8)c7cc6cc54)cc3cc2c1. The van der Waals surface area contributed by atoms with Crippen molar-refractivity contribution in [2.45, 2.75) is 0 Å². The van der Waals surface area contributed by atoms with Crippen molar-refractivity contribution in [3.63, 3.8) is 0 Å². The zero-order chi connectivity index (χ0) is 25.8. The second-order valence-electron chi connectivity index (χ2n) is 9.41. The van der Waals surface area contributed by atoms with E-state index in [1.165, 1.54) is 53.9 Å². The molecule has 0 fully saturated rings. The van der Waals surface area contributed by atoms with E-state index in [9.17, 15) is 0 Å². The van der Waals surface area contributed by atoms with Gasteiger partial charge in [-0.25, -0.2) is 4.52 Å². The van der Waals surface area contributed by atoms with Gasteiger partial charge in [0, 0.05) is 14.4 Å². The lowest BCUT2D eigenvalue weighted by Crippen LogP contribution is -1.85. The summed E-state index contributed by atoms with van der Waals surface area (Å²) < 4.78 is 23.6. The number of nitrogens with zero attached hydrogens (tertiary/aromatic N) is 4. The Labute approximate surface area is 229 Å². The lowest BCUT2D eigenvalue weighted by molar-refractivity contribution is 0.632. The summed E-state index contributed by atoms with van der Waals surface area (Å²) in [5.41, 5.74) is 0. The van der Waals surface area contributed by atoms with Crippen LogP contribution in [0.4, 0.5) is 0 Å². The Balaban J connectivity index is 1.33. The lowest BCUT2D eigenvalue weighted by atomic mass is 9.94. The molecule has 0 aliphatic carbocycles. The Bertz CT molecular complexity index is 2280. The van der Waals surface area contributed by atoms with Crippen molar-refractivity contribution in [1.29, 1.82) is 0 Å². The van der Waals surface area contributed by atoms with Gasteiger partial charge in [0.2, 0.25) is 17.0 Å². The van der Waals surface area contributed by atoms with Gasteiger partial charge in [0.25, 0.3) is 0 Å². The monoisotopic (exact) mass is 573 g/mol. The zero-order valence-electron chi connectivity index (χ0n) is 20.3. The summed E-state index contributed by atoms with van der Waals surface area (Å²) in [7, 11) is 0.523. The average molecular weight is 573 g/mol. The van der Waals surface area contributed by atoms with Crippen LogP contribution in [0.2, 0.25) is 0 Å². The fraction of sp³-hybridized carbons (Fsp3) is 0. The van der Waals surface area contributed by atoms with Gasteiger partial charge in [-0.2, -0.15) is 9.03 Å². The molecule has 1 aliphatic heterocycles. The highest BCUT2D eigenvalue weighted by atomic mass is 31.2. The van der Waals surface area contributed by atoms with Crippen molar-refractivity contribution in [3.05, 3.63) is 103 Å². The first-order valence-corrected chi connectivity index (χ1v) is 15.9. The normalized spacial score (nSPS) is 15.6. The molecule has 0 N–H and O–H groups in total. The number of rotatable bonds is 2. The first-order valence-electron chi connectivity index (χ1n) is 12.3. The predicted octanol–water partition coefficient (Wildman–Crippen LogP) is 12.6. The van der Waals surface area contributed by atoms with E-state index in [4.69, 9.17) is 4.52 Å². The molecule has 0 spiro atoms. The van der Waals surface area contributed by atoms with Gasteiger partial charge in [-0.3, -0.25) is 0 Å². The molecule has 0 saturated heterocycles. The fourth-order valence-corrected chi connectivity index (χ4v) is 8.70. The van der Waals surface area contributed by atoms with Crippen molar-refractivity contribution in [1.82, 2.24) is 0 Å². The molecule has 0 amide bonds. The van der Waals surface area contributed by atoms with Crippen LogP contribution in [0, 0.1) is 0 Å². The van der Waals surface area contributed by atoms with E-state index in [1.807, 2.05) is 12.1 Å². The molecule has 0 bridgehead atoms. The average Bonchev–Trinajstić information content (AvgIpc) is 2.94. The van der Waals surface area contributed by atoms with Gasteiger partial charge < -0.3 is 0 Å². The van der Waals surface area contributed by atoms with Crippen LogP contribution in [-0.4, -0.2) is 0 Å². The summed E-state index contributed by atoms with van der Waals surface area (Å²) in [4.78, 5) is 0. The van der Waals surface area contributed by atoms with Crippen LogP contribution in [-0.2, 0) is 0 Å². The molecule has 1 heterocycles. The van der Waals surface area contributed by atoms with Gasteiger partial charge in [-0.05, 0) is 114 Å². The largest absolute Gasteiger partial charge is 0.600 e.